The Morgan fingerprint density at radius 1 is 1.46 bits per heavy atom. The van der Waals surface area contributed by atoms with E-state index >= 15 is 0 Å². The molecule has 13 heavy (non-hydrogen) atoms. The average Bonchev–Trinajstić information content (AvgIpc) is 2.09. The minimum Gasteiger partial charge on any atom is -0.453 e. The van der Waals surface area contributed by atoms with Gasteiger partial charge in [-0.3, -0.25) is 0 Å². The third kappa shape index (κ3) is 53.1. The molecule has 0 aliphatic carbocycles. The highest BCUT2D eigenvalue weighted by atomic mass is 16.5. The second kappa shape index (κ2) is 17.4. The molecular formula is C10H27NO2. The Morgan fingerprint density at radius 3 is 1.77 bits per heavy atom. The summed E-state index contributed by atoms with van der Waals surface area (Å²) in [7, 11) is 1.22. The van der Waals surface area contributed by atoms with Crippen LogP contribution in [0.5, 0.6) is 0 Å². The van der Waals surface area contributed by atoms with Gasteiger partial charge in [-0.1, -0.05) is 47.5 Å². The second-order valence-corrected chi connectivity index (χ2v) is 2.71. The van der Waals surface area contributed by atoms with Gasteiger partial charge in [-0.25, -0.2) is 4.79 Å². The van der Waals surface area contributed by atoms with Crippen molar-refractivity contribution in [2.75, 3.05) is 7.11 Å². The van der Waals surface area contributed by atoms with Gasteiger partial charge in [0.2, 0.25) is 0 Å². The van der Waals surface area contributed by atoms with E-state index in [9.17, 15) is 4.79 Å². The predicted octanol–water partition coefficient (Wildman–Crippen LogP) is 3.43. The van der Waals surface area contributed by atoms with Crippen LogP contribution < -0.4 is 5.73 Å². The molecule has 0 aliphatic rings. The SMILES string of the molecule is CC.CCCC(C)C.COC(N)=O.[HH]. The summed E-state index contributed by atoms with van der Waals surface area (Å²) in [6.07, 6.45) is 1.96. The number of carbonyl (C=O) groups excluding carboxylic acids is 1. The fourth-order valence-electron chi connectivity index (χ4n) is 0.577. The zero-order valence-electron chi connectivity index (χ0n) is 9.89. The fourth-order valence-corrected chi connectivity index (χ4v) is 0.577. The van der Waals surface area contributed by atoms with E-state index in [0.29, 0.717) is 0 Å². The summed E-state index contributed by atoms with van der Waals surface area (Å²) in [5, 5.41) is 0. The first-order valence-corrected chi connectivity index (χ1v) is 4.88. The number of nitrogens with two attached hydrogens (primary N) is 1. The van der Waals surface area contributed by atoms with Gasteiger partial charge in [-0.2, -0.15) is 0 Å². The fraction of sp³-hybridized carbons (Fsp3) is 0.900. The molecule has 0 bridgehead atoms. The number of rotatable bonds is 2. The van der Waals surface area contributed by atoms with Crippen LogP contribution in [0.1, 0.15) is 48.9 Å². The Kier molecular flexibility index (Phi) is 24.2. The van der Waals surface area contributed by atoms with Gasteiger partial charge in [-0.05, 0) is 5.92 Å². The Labute approximate surface area is 84.1 Å². The molecule has 0 aromatic rings. The molecule has 0 spiro atoms. The van der Waals surface area contributed by atoms with Crippen molar-refractivity contribution < 1.29 is 11.0 Å². The van der Waals surface area contributed by atoms with Crippen LogP contribution in [0.25, 0.3) is 0 Å². The number of ether oxygens (including phenoxy) is 1. The van der Waals surface area contributed by atoms with Gasteiger partial charge in [0.1, 0.15) is 0 Å². The standard InChI is InChI=1S/C6H14.C2H5NO2.C2H6.H2/c1-4-5-6(2)3;1-5-2(3)4;1-2;/h6H,4-5H2,1-3H3;1H3,(H2,3,4);1-2H3;1H. The van der Waals surface area contributed by atoms with Crippen molar-refractivity contribution in [3.63, 3.8) is 0 Å². The summed E-state index contributed by atoms with van der Waals surface area (Å²) in [5.41, 5.74) is 4.43. The number of carbonyl (C=O) groups is 1. The Hall–Kier alpha value is -0.730. The third-order valence-corrected chi connectivity index (χ3v) is 1.07. The van der Waals surface area contributed by atoms with Crippen molar-refractivity contribution in [1.29, 1.82) is 0 Å². The van der Waals surface area contributed by atoms with Crippen LogP contribution in [0, 0.1) is 5.92 Å². The second-order valence-electron chi connectivity index (χ2n) is 2.71. The first kappa shape index (κ1) is 18.1. The molecule has 0 saturated carbocycles. The normalized spacial score (nSPS) is 7.62. The highest BCUT2D eigenvalue weighted by Gasteiger charge is 1.85. The van der Waals surface area contributed by atoms with Crippen LogP contribution >= 0.6 is 0 Å². The van der Waals surface area contributed by atoms with Crippen molar-refractivity contribution in [1.82, 2.24) is 0 Å². The molecule has 0 radical (unpaired) electrons. The van der Waals surface area contributed by atoms with Crippen molar-refractivity contribution in [2.24, 2.45) is 11.7 Å². The lowest BCUT2D eigenvalue weighted by molar-refractivity contribution is 0.182. The van der Waals surface area contributed by atoms with Crippen LogP contribution in [0.15, 0.2) is 0 Å². The van der Waals surface area contributed by atoms with Gasteiger partial charge in [0.25, 0.3) is 0 Å². The number of amides is 1. The van der Waals surface area contributed by atoms with Gasteiger partial charge < -0.3 is 10.5 Å². The molecule has 0 rings (SSSR count). The Bertz CT molecular complexity index is 98.1. The molecule has 0 unspecified atom stereocenters. The van der Waals surface area contributed by atoms with Gasteiger partial charge in [0, 0.05) is 1.43 Å². The van der Waals surface area contributed by atoms with Crippen molar-refractivity contribution in [3.8, 4) is 0 Å². The van der Waals surface area contributed by atoms with E-state index < -0.39 is 6.09 Å². The molecule has 0 aliphatic heterocycles. The summed E-state index contributed by atoms with van der Waals surface area (Å²) in [6.45, 7) is 10.7. The monoisotopic (exact) mass is 193 g/mol. The van der Waals surface area contributed by atoms with E-state index in [1.807, 2.05) is 13.8 Å². The smallest absolute Gasteiger partial charge is 0.404 e. The molecule has 3 heteroatoms. The summed E-state index contributed by atoms with van der Waals surface area (Å²) in [6, 6.07) is 0. The molecule has 0 aromatic heterocycles. The molecule has 0 fully saturated rings. The number of methoxy groups -OCH3 is 1. The minimum atomic E-state index is -0.745. The number of hydrogen-bond acceptors (Lipinski definition) is 2. The summed E-state index contributed by atoms with van der Waals surface area (Å²) >= 11 is 0. The van der Waals surface area contributed by atoms with Crippen molar-refractivity contribution in [2.45, 2.75) is 47.5 Å². The summed E-state index contributed by atoms with van der Waals surface area (Å²) in [5.74, 6) is 0.898. The summed E-state index contributed by atoms with van der Waals surface area (Å²) in [4.78, 5) is 9.37. The first-order valence-electron chi connectivity index (χ1n) is 4.88. The highest BCUT2D eigenvalue weighted by molar-refractivity contribution is 5.64. The maximum atomic E-state index is 9.37. The van der Waals surface area contributed by atoms with Crippen LogP contribution in [-0.2, 0) is 4.74 Å². The molecule has 1 amide bonds. The molecular weight excluding hydrogens is 166 g/mol. The summed E-state index contributed by atoms with van der Waals surface area (Å²) < 4.78 is 3.89. The largest absolute Gasteiger partial charge is 0.453 e. The molecule has 2 N–H and O–H groups in total. The third-order valence-electron chi connectivity index (χ3n) is 1.07. The van der Waals surface area contributed by atoms with Crippen molar-refractivity contribution in [3.05, 3.63) is 0 Å². The van der Waals surface area contributed by atoms with Crippen LogP contribution in [0.3, 0.4) is 0 Å². The van der Waals surface area contributed by atoms with E-state index in [-0.39, 0.29) is 1.43 Å². The van der Waals surface area contributed by atoms with E-state index in [1.165, 1.54) is 20.0 Å². The van der Waals surface area contributed by atoms with E-state index in [4.69, 9.17) is 0 Å². The average molecular weight is 193 g/mol. The lowest BCUT2D eigenvalue weighted by atomic mass is 10.1. The van der Waals surface area contributed by atoms with Crippen LogP contribution in [-0.4, -0.2) is 13.2 Å². The molecule has 0 aromatic carbocycles. The first-order chi connectivity index (χ1) is 6.04. The predicted molar refractivity (Wildman–Crippen MR) is 59.8 cm³/mol. The van der Waals surface area contributed by atoms with E-state index in [1.54, 1.807) is 0 Å². The maximum Gasteiger partial charge on any atom is 0.404 e. The molecule has 0 heterocycles. The number of primary amides is 1. The van der Waals surface area contributed by atoms with E-state index in [2.05, 4.69) is 31.2 Å². The Morgan fingerprint density at radius 2 is 1.77 bits per heavy atom. The highest BCUT2D eigenvalue weighted by Crippen LogP contribution is 2.00. The minimum absolute atomic E-state index is 0. The van der Waals surface area contributed by atoms with Gasteiger partial charge in [-0.15, -0.1) is 0 Å². The molecule has 0 atom stereocenters. The topological polar surface area (TPSA) is 52.3 Å². The maximum absolute atomic E-state index is 9.37. The quantitative estimate of drug-likeness (QED) is 0.730. The zero-order valence-corrected chi connectivity index (χ0v) is 9.89. The van der Waals surface area contributed by atoms with Gasteiger partial charge in [0.05, 0.1) is 7.11 Å². The lowest BCUT2D eigenvalue weighted by Gasteiger charge is -1.95. The Balaban J connectivity index is -0.0000000576. The molecule has 3 nitrogen and oxygen atoms in total. The zero-order chi connectivity index (χ0) is 11.3. The lowest BCUT2D eigenvalue weighted by Crippen LogP contribution is -2.08. The molecule has 0 saturated heterocycles. The van der Waals surface area contributed by atoms with Crippen LogP contribution in [0.4, 0.5) is 4.79 Å². The van der Waals surface area contributed by atoms with Crippen LogP contribution in [0.2, 0.25) is 0 Å². The van der Waals surface area contributed by atoms with Gasteiger partial charge >= 0.3 is 6.09 Å². The van der Waals surface area contributed by atoms with Crippen molar-refractivity contribution >= 4 is 6.09 Å². The van der Waals surface area contributed by atoms with E-state index in [0.717, 1.165) is 5.92 Å². The number of hydrogen-bond donors (Lipinski definition) is 1. The molecule has 84 valence electrons. The van der Waals surface area contributed by atoms with Gasteiger partial charge in [0.15, 0.2) is 0 Å².